The van der Waals surface area contributed by atoms with Crippen molar-refractivity contribution in [3.05, 3.63) is 53.2 Å². The molecule has 0 radical (unpaired) electrons. The van der Waals surface area contributed by atoms with E-state index in [1.165, 1.54) is 0 Å². The number of pyridine rings is 1. The topological polar surface area (TPSA) is 71.5 Å². The summed E-state index contributed by atoms with van der Waals surface area (Å²) in [7, 11) is 0. The monoisotopic (exact) mass is 361 g/mol. The molecule has 136 valence electrons. The van der Waals surface area contributed by atoms with Gasteiger partial charge in [-0.2, -0.15) is 0 Å². The summed E-state index contributed by atoms with van der Waals surface area (Å²) >= 11 is 0. The fourth-order valence-electron chi connectivity index (χ4n) is 2.65. The first-order valence-corrected chi connectivity index (χ1v) is 8.09. The molecular formula is C18H17F2N3O3. The number of amides is 2. The van der Waals surface area contributed by atoms with Gasteiger partial charge >= 0.3 is 0 Å². The minimum absolute atomic E-state index is 0.0282. The molecule has 26 heavy (non-hydrogen) atoms. The Balaban J connectivity index is 1.60. The highest BCUT2D eigenvalue weighted by Crippen LogP contribution is 2.30. The Labute approximate surface area is 148 Å². The molecule has 0 saturated heterocycles. The molecule has 0 bridgehead atoms. The van der Waals surface area contributed by atoms with E-state index in [1.54, 1.807) is 11.1 Å². The molecule has 8 heteroatoms. The minimum atomic E-state index is -0.947. The third-order valence-corrected chi connectivity index (χ3v) is 3.91. The van der Waals surface area contributed by atoms with Crippen molar-refractivity contribution < 1.29 is 23.1 Å². The number of hydrogen-bond acceptors (Lipinski definition) is 4. The summed E-state index contributed by atoms with van der Waals surface area (Å²) in [5.74, 6) is -2.22. The summed E-state index contributed by atoms with van der Waals surface area (Å²) in [6.45, 7) is 2.61. The average Bonchev–Trinajstić information content (AvgIpc) is 2.60. The van der Waals surface area contributed by atoms with Gasteiger partial charge in [-0.15, -0.1) is 0 Å². The number of hydrogen-bond donors (Lipinski definition) is 1. The third-order valence-electron chi connectivity index (χ3n) is 3.91. The number of nitrogens with one attached hydrogen (secondary N) is 1. The normalized spacial score (nSPS) is 13.0. The lowest BCUT2D eigenvalue weighted by Crippen LogP contribution is -2.40. The predicted molar refractivity (Wildman–Crippen MR) is 90.1 cm³/mol. The largest absolute Gasteiger partial charge is 0.474 e. The predicted octanol–water partition coefficient (Wildman–Crippen LogP) is 2.21. The smallest absolute Gasteiger partial charge is 0.254 e. The van der Waals surface area contributed by atoms with Gasteiger partial charge in [0, 0.05) is 25.2 Å². The second-order valence-electron chi connectivity index (χ2n) is 5.86. The molecule has 6 nitrogen and oxygen atoms in total. The lowest BCUT2D eigenvalue weighted by molar-refractivity contribution is -0.118. The molecule has 2 aromatic rings. The van der Waals surface area contributed by atoms with E-state index in [1.807, 2.05) is 13.0 Å². The van der Waals surface area contributed by atoms with Crippen LogP contribution in [0.4, 0.5) is 14.5 Å². The molecule has 1 aliphatic heterocycles. The molecule has 2 amide bonds. The van der Waals surface area contributed by atoms with Crippen molar-refractivity contribution in [3.8, 4) is 5.88 Å². The number of anilines is 1. The zero-order valence-electron chi connectivity index (χ0n) is 14.1. The summed E-state index contributed by atoms with van der Waals surface area (Å²) in [4.78, 5) is 30.1. The van der Waals surface area contributed by atoms with Crippen LogP contribution in [0.5, 0.6) is 5.88 Å². The molecule has 0 aliphatic carbocycles. The Morgan fingerprint density at radius 2 is 2.12 bits per heavy atom. The van der Waals surface area contributed by atoms with Gasteiger partial charge in [-0.3, -0.25) is 9.59 Å². The Kier molecular flexibility index (Phi) is 5.11. The number of benzene rings is 1. The summed E-state index contributed by atoms with van der Waals surface area (Å²) < 4.78 is 31.9. The number of carbonyl (C=O) groups is 2. The summed E-state index contributed by atoms with van der Waals surface area (Å²) in [6, 6.07) is 4.52. The van der Waals surface area contributed by atoms with E-state index in [2.05, 4.69) is 10.3 Å². The fourth-order valence-corrected chi connectivity index (χ4v) is 2.65. The summed E-state index contributed by atoms with van der Waals surface area (Å²) in [5, 5.41) is 2.47. The van der Waals surface area contributed by atoms with Crippen LogP contribution in [0.2, 0.25) is 0 Å². The Hall–Kier alpha value is -3.03. The molecule has 1 aromatic heterocycles. The van der Waals surface area contributed by atoms with E-state index in [-0.39, 0.29) is 24.4 Å². The van der Waals surface area contributed by atoms with Gasteiger partial charge in [0.15, 0.2) is 0 Å². The number of ether oxygens (including phenoxy) is 1. The van der Waals surface area contributed by atoms with Crippen molar-refractivity contribution in [3.63, 3.8) is 0 Å². The van der Waals surface area contributed by atoms with E-state index < -0.39 is 17.5 Å². The van der Waals surface area contributed by atoms with Crippen LogP contribution in [0.1, 0.15) is 22.3 Å². The first kappa shape index (κ1) is 17.8. The maximum atomic E-state index is 13.6. The Bertz CT molecular complexity index is 858. The quantitative estimate of drug-likeness (QED) is 0.906. The van der Waals surface area contributed by atoms with Crippen LogP contribution in [0, 0.1) is 18.6 Å². The minimum Gasteiger partial charge on any atom is -0.474 e. The summed E-state index contributed by atoms with van der Waals surface area (Å²) in [5.41, 5.74) is 1.22. The fraction of sp³-hybridized carbons (Fsp3) is 0.278. The number of halogens is 2. The van der Waals surface area contributed by atoms with Crippen molar-refractivity contribution >= 4 is 17.5 Å². The zero-order valence-corrected chi connectivity index (χ0v) is 14.1. The highest BCUT2D eigenvalue weighted by molar-refractivity contribution is 5.97. The standard InChI is InChI=1S/C18H17F2N3O3/c1-11-8-15-18(22-10-11)26-7-6-23(15)16(24)4-5-21-17(25)13-3-2-12(19)9-14(13)20/h2-3,8-10H,4-7H2,1H3,(H,21,25). The number of aryl methyl sites for hydroxylation is 1. The van der Waals surface area contributed by atoms with Crippen LogP contribution < -0.4 is 15.0 Å². The molecular weight excluding hydrogens is 344 g/mol. The molecule has 0 fully saturated rings. The maximum absolute atomic E-state index is 13.6. The molecule has 1 aromatic carbocycles. The van der Waals surface area contributed by atoms with Crippen LogP contribution in [-0.4, -0.2) is 36.5 Å². The van der Waals surface area contributed by atoms with E-state index in [0.717, 1.165) is 17.7 Å². The highest BCUT2D eigenvalue weighted by atomic mass is 19.1. The van der Waals surface area contributed by atoms with Crippen molar-refractivity contribution in [2.75, 3.05) is 24.6 Å². The SMILES string of the molecule is Cc1cnc2c(c1)N(C(=O)CCNC(=O)c1ccc(F)cc1F)CCO2. The van der Waals surface area contributed by atoms with Gasteiger partial charge in [0.1, 0.15) is 23.9 Å². The molecule has 0 saturated carbocycles. The van der Waals surface area contributed by atoms with E-state index >= 15 is 0 Å². The lowest BCUT2D eigenvalue weighted by atomic mass is 10.2. The van der Waals surface area contributed by atoms with Gasteiger partial charge in [-0.05, 0) is 30.7 Å². The van der Waals surface area contributed by atoms with Gasteiger partial charge in [-0.25, -0.2) is 13.8 Å². The summed E-state index contributed by atoms with van der Waals surface area (Å²) in [6.07, 6.45) is 1.69. The molecule has 3 rings (SSSR count). The van der Waals surface area contributed by atoms with E-state index in [4.69, 9.17) is 4.74 Å². The van der Waals surface area contributed by atoms with Crippen molar-refractivity contribution in [1.29, 1.82) is 0 Å². The Morgan fingerprint density at radius 1 is 1.31 bits per heavy atom. The number of carbonyl (C=O) groups excluding carboxylic acids is 2. The molecule has 0 spiro atoms. The number of nitrogens with zero attached hydrogens (tertiary/aromatic N) is 2. The van der Waals surface area contributed by atoms with Crippen LogP contribution in [0.15, 0.2) is 30.5 Å². The molecule has 1 aliphatic rings. The van der Waals surface area contributed by atoms with Crippen LogP contribution in [-0.2, 0) is 4.79 Å². The van der Waals surface area contributed by atoms with Gasteiger partial charge in [0.2, 0.25) is 11.8 Å². The maximum Gasteiger partial charge on any atom is 0.254 e. The van der Waals surface area contributed by atoms with E-state index in [9.17, 15) is 18.4 Å². The van der Waals surface area contributed by atoms with Crippen molar-refractivity contribution in [1.82, 2.24) is 10.3 Å². The van der Waals surface area contributed by atoms with E-state index in [0.29, 0.717) is 30.8 Å². The number of fused-ring (bicyclic) bond motifs is 1. The van der Waals surface area contributed by atoms with Gasteiger partial charge in [0.25, 0.3) is 5.91 Å². The van der Waals surface area contributed by atoms with Gasteiger partial charge < -0.3 is 15.0 Å². The second kappa shape index (κ2) is 7.47. The second-order valence-corrected chi connectivity index (χ2v) is 5.86. The molecule has 1 N–H and O–H groups in total. The Morgan fingerprint density at radius 3 is 2.88 bits per heavy atom. The number of rotatable bonds is 4. The highest BCUT2D eigenvalue weighted by Gasteiger charge is 2.24. The van der Waals surface area contributed by atoms with Crippen molar-refractivity contribution in [2.24, 2.45) is 0 Å². The van der Waals surface area contributed by atoms with Gasteiger partial charge in [0.05, 0.1) is 12.1 Å². The average molecular weight is 361 g/mol. The zero-order chi connectivity index (χ0) is 18.7. The first-order chi connectivity index (χ1) is 12.5. The third kappa shape index (κ3) is 3.79. The first-order valence-electron chi connectivity index (χ1n) is 8.09. The lowest BCUT2D eigenvalue weighted by Gasteiger charge is -2.29. The van der Waals surface area contributed by atoms with Crippen molar-refractivity contribution in [2.45, 2.75) is 13.3 Å². The van der Waals surface area contributed by atoms with Crippen LogP contribution in [0.25, 0.3) is 0 Å². The molecule has 0 unspecified atom stereocenters. The number of aromatic nitrogens is 1. The molecule has 0 atom stereocenters. The molecule has 2 heterocycles. The van der Waals surface area contributed by atoms with Crippen LogP contribution >= 0.6 is 0 Å². The van der Waals surface area contributed by atoms with Gasteiger partial charge in [-0.1, -0.05) is 0 Å². The van der Waals surface area contributed by atoms with Crippen LogP contribution in [0.3, 0.4) is 0 Å².